The van der Waals surface area contributed by atoms with E-state index in [1.165, 1.54) is 11.1 Å². The van der Waals surface area contributed by atoms with Crippen molar-refractivity contribution in [2.45, 2.75) is 19.9 Å². The first kappa shape index (κ1) is 13.3. The van der Waals surface area contributed by atoms with Gasteiger partial charge in [0, 0.05) is 18.3 Å². The molecule has 0 aromatic heterocycles. The van der Waals surface area contributed by atoms with Crippen LogP contribution in [0.4, 0.5) is 11.4 Å². The molecule has 0 spiro atoms. The van der Waals surface area contributed by atoms with Gasteiger partial charge in [0.05, 0.1) is 12.8 Å². The predicted molar refractivity (Wildman–Crippen MR) is 80.6 cm³/mol. The van der Waals surface area contributed by atoms with Gasteiger partial charge in [-0.3, -0.25) is 0 Å². The van der Waals surface area contributed by atoms with Crippen LogP contribution in [0.5, 0.6) is 5.75 Å². The number of anilines is 2. The average Bonchev–Trinajstić information content (AvgIpc) is 2.46. The monoisotopic (exact) mass is 256 g/mol. The molecule has 3 N–H and O–H groups in total. The Morgan fingerprint density at radius 2 is 1.84 bits per heavy atom. The molecule has 0 amide bonds. The first-order valence-corrected chi connectivity index (χ1v) is 6.48. The molecule has 2 aromatic carbocycles. The SMILES string of the molecule is CCc1ccccc1CNc1ccc(N)c(OC)c1. The maximum atomic E-state index is 5.80. The number of rotatable bonds is 5. The van der Waals surface area contributed by atoms with Gasteiger partial charge >= 0.3 is 0 Å². The fourth-order valence-corrected chi connectivity index (χ4v) is 2.09. The van der Waals surface area contributed by atoms with Gasteiger partial charge in [0.1, 0.15) is 5.75 Å². The van der Waals surface area contributed by atoms with Crippen molar-refractivity contribution in [3.63, 3.8) is 0 Å². The lowest BCUT2D eigenvalue weighted by atomic mass is 10.1. The molecule has 2 aromatic rings. The van der Waals surface area contributed by atoms with Gasteiger partial charge in [-0.15, -0.1) is 0 Å². The average molecular weight is 256 g/mol. The first-order valence-electron chi connectivity index (χ1n) is 6.48. The van der Waals surface area contributed by atoms with Gasteiger partial charge in [0.25, 0.3) is 0 Å². The molecule has 0 aliphatic heterocycles. The van der Waals surface area contributed by atoms with Crippen LogP contribution in [0.3, 0.4) is 0 Å². The van der Waals surface area contributed by atoms with Crippen molar-refractivity contribution in [2.75, 3.05) is 18.2 Å². The van der Waals surface area contributed by atoms with Crippen molar-refractivity contribution in [1.82, 2.24) is 0 Å². The third-order valence-corrected chi connectivity index (χ3v) is 3.22. The van der Waals surface area contributed by atoms with E-state index >= 15 is 0 Å². The fraction of sp³-hybridized carbons (Fsp3) is 0.250. The van der Waals surface area contributed by atoms with Crippen molar-refractivity contribution in [2.24, 2.45) is 0 Å². The number of benzene rings is 2. The number of nitrogens with one attached hydrogen (secondary N) is 1. The largest absolute Gasteiger partial charge is 0.495 e. The third kappa shape index (κ3) is 3.19. The first-order chi connectivity index (χ1) is 9.24. The molecule has 2 rings (SSSR count). The summed E-state index contributed by atoms with van der Waals surface area (Å²) in [6.07, 6.45) is 1.04. The van der Waals surface area contributed by atoms with E-state index in [9.17, 15) is 0 Å². The predicted octanol–water partition coefficient (Wildman–Crippen LogP) is 3.45. The molecule has 3 heteroatoms. The van der Waals surface area contributed by atoms with Gasteiger partial charge in [-0.2, -0.15) is 0 Å². The molecule has 0 unspecified atom stereocenters. The molecule has 0 fully saturated rings. The molecule has 0 aliphatic rings. The second kappa shape index (κ2) is 6.14. The van der Waals surface area contributed by atoms with Gasteiger partial charge in [-0.1, -0.05) is 31.2 Å². The molecule has 0 aliphatic carbocycles. The summed E-state index contributed by atoms with van der Waals surface area (Å²) in [4.78, 5) is 0. The lowest BCUT2D eigenvalue weighted by Gasteiger charge is -2.12. The van der Waals surface area contributed by atoms with E-state index in [0.29, 0.717) is 11.4 Å². The molecule has 0 radical (unpaired) electrons. The maximum Gasteiger partial charge on any atom is 0.143 e. The molecule has 0 atom stereocenters. The van der Waals surface area contributed by atoms with Crippen LogP contribution in [0, 0.1) is 0 Å². The Morgan fingerprint density at radius 1 is 1.11 bits per heavy atom. The normalized spacial score (nSPS) is 10.2. The summed E-state index contributed by atoms with van der Waals surface area (Å²) < 4.78 is 5.22. The van der Waals surface area contributed by atoms with Gasteiger partial charge in [0.15, 0.2) is 0 Å². The van der Waals surface area contributed by atoms with Crippen LogP contribution in [0.25, 0.3) is 0 Å². The van der Waals surface area contributed by atoms with Crippen LogP contribution in [0.1, 0.15) is 18.1 Å². The highest BCUT2D eigenvalue weighted by atomic mass is 16.5. The topological polar surface area (TPSA) is 47.3 Å². The second-order valence-corrected chi connectivity index (χ2v) is 4.43. The van der Waals surface area contributed by atoms with E-state index in [4.69, 9.17) is 10.5 Å². The number of nitrogens with two attached hydrogens (primary N) is 1. The Bertz CT molecular complexity index is 552. The van der Waals surface area contributed by atoms with Crippen molar-refractivity contribution in [3.05, 3.63) is 53.6 Å². The molecular weight excluding hydrogens is 236 g/mol. The molecule has 3 nitrogen and oxygen atoms in total. The third-order valence-electron chi connectivity index (χ3n) is 3.22. The van der Waals surface area contributed by atoms with Crippen LogP contribution < -0.4 is 15.8 Å². The van der Waals surface area contributed by atoms with E-state index in [0.717, 1.165) is 18.7 Å². The lowest BCUT2D eigenvalue weighted by Crippen LogP contribution is -2.03. The summed E-state index contributed by atoms with van der Waals surface area (Å²) in [5.41, 5.74) is 10.2. The highest BCUT2D eigenvalue weighted by Gasteiger charge is 2.02. The van der Waals surface area contributed by atoms with E-state index in [1.54, 1.807) is 7.11 Å². The Labute approximate surface area is 114 Å². The Balaban J connectivity index is 2.10. The number of hydrogen-bond donors (Lipinski definition) is 2. The number of hydrogen-bond acceptors (Lipinski definition) is 3. The quantitative estimate of drug-likeness (QED) is 0.805. The number of methoxy groups -OCH3 is 1. The van der Waals surface area contributed by atoms with Crippen molar-refractivity contribution >= 4 is 11.4 Å². The van der Waals surface area contributed by atoms with Crippen molar-refractivity contribution < 1.29 is 4.74 Å². The summed E-state index contributed by atoms with van der Waals surface area (Å²) in [5, 5.41) is 3.40. The highest BCUT2D eigenvalue weighted by Crippen LogP contribution is 2.25. The number of nitrogen functional groups attached to an aromatic ring is 1. The molecule has 0 saturated carbocycles. The van der Waals surface area contributed by atoms with E-state index in [2.05, 4.69) is 36.5 Å². The van der Waals surface area contributed by atoms with Crippen molar-refractivity contribution in [1.29, 1.82) is 0 Å². The number of ether oxygens (including phenoxy) is 1. The van der Waals surface area contributed by atoms with Gasteiger partial charge in [0.2, 0.25) is 0 Å². The van der Waals surface area contributed by atoms with Crippen LogP contribution in [-0.4, -0.2) is 7.11 Å². The van der Waals surface area contributed by atoms with Crippen molar-refractivity contribution in [3.8, 4) is 5.75 Å². The Morgan fingerprint density at radius 3 is 2.53 bits per heavy atom. The minimum absolute atomic E-state index is 0.655. The molecule has 0 bridgehead atoms. The summed E-state index contributed by atoms with van der Waals surface area (Å²) >= 11 is 0. The second-order valence-electron chi connectivity index (χ2n) is 4.43. The highest BCUT2D eigenvalue weighted by molar-refractivity contribution is 5.61. The van der Waals surface area contributed by atoms with E-state index in [1.807, 2.05) is 18.2 Å². The standard InChI is InChI=1S/C16H20N2O/c1-3-12-6-4-5-7-13(12)11-18-14-8-9-15(17)16(10-14)19-2/h4-10,18H,3,11,17H2,1-2H3. The lowest BCUT2D eigenvalue weighted by molar-refractivity contribution is 0.417. The smallest absolute Gasteiger partial charge is 0.143 e. The van der Waals surface area contributed by atoms with Crippen LogP contribution in [0.2, 0.25) is 0 Å². The number of aryl methyl sites for hydroxylation is 1. The van der Waals surface area contributed by atoms with Gasteiger partial charge < -0.3 is 15.8 Å². The Kier molecular flexibility index (Phi) is 4.29. The fourth-order valence-electron chi connectivity index (χ4n) is 2.09. The molecule has 19 heavy (non-hydrogen) atoms. The molecule has 100 valence electrons. The summed E-state index contributed by atoms with van der Waals surface area (Å²) in [6.45, 7) is 2.97. The summed E-state index contributed by atoms with van der Waals surface area (Å²) in [5.74, 6) is 0.703. The zero-order valence-corrected chi connectivity index (χ0v) is 11.4. The molecular formula is C16H20N2O. The zero-order chi connectivity index (χ0) is 13.7. The van der Waals surface area contributed by atoms with E-state index in [-0.39, 0.29) is 0 Å². The van der Waals surface area contributed by atoms with Crippen LogP contribution in [0.15, 0.2) is 42.5 Å². The minimum Gasteiger partial charge on any atom is -0.495 e. The zero-order valence-electron chi connectivity index (χ0n) is 11.4. The summed E-state index contributed by atoms with van der Waals surface area (Å²) in [7, 11) is 1.63. The van der Waals surface area contributed by atoms with Gasteiger partial charge in [-0.25, -0.2) is 0 Å². The maximum absolute atomic E-state index is 5.80. The van der Waals surface area contributed by atoms with Crippen LogP contribution in [-0.2, 0) is 13.0 Å². The molecule has 0 heterocycles. The molecule has 0 saturated heterocycles. The van der Waals surface area contributed by atoms with Gasteiger partial charge in [-0.05, 0) is 29.7 Å². The van der Waals surface area contributed by atoms with E-state index < -0.39 is 0 Å². The minimum atomic E-state index is 0.655. The Hall–Kier alpha value is -2.16. The summed E-state index contributed by atoms with van der Waals surface area (Å²) in [6, 6.07) is 14.2. The van der Waals surface area contributed by atoms with Crippen LogP contribution >= 0.6 is 0 Å².